The van der Waals surface area contributed by atoms with Crippen LogP contribution in [-0.4, -0.2) is 48.9 Å². The average molecular weight is 352 g/mol. The van der Waals surface area contributed by atoms with E-state index < -0.39 is 11.3 Å². The van der Waals surface area contributed by atoms with E-state index in [1.807, 2.05) is 0 Å². The molecule has 0 radical (unpaired) electrons. The number of ether oxygens (including phenoxy) is 1. The first-order valence-corrected chi connectivity index (χ1v) is 8.32. The van der Waals surface area contributed by atoms with Crippen molar-refractivity contribution in [3.63, 3.8) is 0 Å². The number of imidazole rings is 1. The lowest BCUT2D eigenvalue weighted by atomic mass is 10.1. The minimum Gasteiger partial charge on any atom is -0.463 e. The Morgan fingerprint density at radius 2 is 1.96 bits per heavy atom. The van der Waals surface area contributed by atoms with Crippen LogP contribution in [0.5, 0.6) is 6.01 Å². The fourth-order valence-electron chi connectivity index (χ4n) is 2.33. The summed E-state index contributed by atoms with van der Waals surface area (Å²) in [7, 11) is 0. The molecule has 2 aromatic rings. The SMILES string of the molecule is CC(C)(O)Cn1c(=O)[nH]c2c(N)nc(OCCCNC(C)(C)C)nc21. The molecular weight excluding hydrogens is 324 g/mol. The van der Waals surface area contributed by atoms with Gasteiger partial charge in [0, 0.05) is 5.54 Å². The van der Waals surface area contributed by atoms with Gasteiger partial charge in [-0.05, 0) is 47.6 Å². The molecule has 0 amide bonds. The maximum Gasteiger partial charge on any atom is 0.327 e. The predicted octanol–water partition coefficient (Wildman–Crippen LogP) is 0.630. The molecule has 0 aromatic carbocycles. The summed E-state index contributed by atoms with van der Waals surface area (Å²) in [5, 5.41) is 13.4. The molecule has 0 spiro atoms. The quantitative estimate of drug-likeness (QED) is 0.537. The first-order chi connectivity index (χ1) is 11.5. The number of H-pyrrole nitrogens is 1. The van der Waals surface area contributed by atoms with E-state index >= 15 is 0 Å². The zero-order valence-corrected chi connectivity index (χ0v) is 15.5. The number of fused-ring (bicyclic) bond motifs is 1. The molecular formula is C16H28N6O3. The van der Waals surface area contributed by atoms with E-state index in [0.717, 1.165) is 13.0 Å². The molecule has 25 heavy (non-hydrogen) atoms. The van der Waals surface area contributed by atoms with Crippen molar-refractivity contribution in [3.8, 4) is 6.01 Å². The smallest absolute Gasteiger partial charge is 0.327 e. The number of anilines is 1. The third-order valence-corrected chi connectivity index (χ3v) is 3.38. The maximum absolute atomic E-state index is 12.1. The van der Waals surface area contributed by atoms with E-state index in [0.29, 0.717) is 17.8 Å². The number of nitrogens with two attached hydrogens (primary N) is 1. The lowest BCUT2D eigenvalue weighted by Gasteiger charge is -2.20. The van der Waals surface area contributed by atoms with Crippen LogP contribution in [0, 0.1) is 0 Å². The highest BCUT2D eigenvalue weighted by Gasteiger charge is 2.20. The molecule has 0 unspecified atom stereocenters. The van der Waals surface area contributed by atoms with Crippen LogP contribution in [-0.2, 0) is 6.54 Å². The molecule has 0 aliphatic carbocycles. The molecule has 0 saturated heterocycles. The first-order valence-electron chi connectivity index (χ1n) is 8.32. The number of hydrogen-bond acceptors (Lipinski definition) is 7. The van der Waals surface area contributed by atoms with Crippen LogP contribution < -0.4 is 21.5 Å². The molecule has 140 valence electrons. The molecule has 2 aromatic heterocycles. The zero-order chi connectivity index (χ0) is 18.8. The highest BCUT2D eigenvalue weighted by Crippen LogP contribution is 2.19. The zero-order valence-electron chi connectivity index (χ0n) is 15.5. The van der Waals surface area contributed by atoms with E-state index in [4.69, 9.17) is 10.5 Å². The number of nitrogens with zero attached hydrogens (tertiary/aromatic N) is 3. The van der Waals surface area contributed by atoms with E-state index in [-0.39, 0.29) is 23.9 Å². The Balaban J connectivity index is 2.14. The van der Waals surface area contributed by atoms with Crippen LogP contribution in [0.3, 0.4) is 0 Å². The molecule has 0 bridgehead atoms. The van der Waals surface area contributed by atoms with Crippen LogP contribution in [0.15, 0.2) is 4.79 Å². The Labute approximate surface area is 146 Å². The molecule has 9 heteroatoms. The topological polar surface area (TPSA) is 131 Å². The minimum atomic E-state index is -1.07. The van der Waals surface area contributed by atoms with Crippen LogP contribution in [0.2, 0.25) is 0 Å². The Kier molecular flexibility index (Phi) is 5.38. The molecule has 2 heterocycles. The van der Waals surface area contributed by atoms with Gasteiger partial charge in [0.1, 0.15) is 5.52 Å². The van der Waals surface area contributed by atoms with Crippen molar-refractivity contribution in [2.24, 2.45) is 0 Å². The first kappa shape index (κ1) is 19.2. The van der Waals surface area contributed by atoms with Crippen molar-refractivity contribution in [1.82, 2.24) is 24.8 Å². The van der Waals surface area contributed by atoms with Gasteiger partial charge in [0.25, 0.3) is 0 Å². The molecule has 9 nitrogen and oxygen atoms in total. The van der Waals surface area contributed by atoms with Crippen molar-refractivity contribution in [2.75, 3.05) is 18.9 Å². The normalized spacial score (nSPS) is 12.7. The van der Waals surface area contributed by atoms with Gasteiger partial charge in [-0.2, -0.15) is 9.97 Å². The predicted molar refractivity (Wildman–Crippen MR) is 96.7 cm³/mol. The van der Waals surface area contributed by atoms with Gasteiger partial charge in [0.05, 0.1) is 18.8 Å². The fourth-order valence-corrected chi connectivity index (χ4v) is 2.33. The Morgan fingerprint density at radius 1 is 1.28 bits per heavy atom. The monoisotopic (exact) mass is 352 g/mol. The van der Waals surface area contributed by atoms with Gasteiger partial charge in [-0.3, -0.25) is 4.57 Å². The number of nitrogens with one attached hydrogen (secondary N) is 2. The Bertz CT molecular complexity index is 782. The molecule has 0 saturated carbocycles. The lowest BCUT2D eigenvalue weighted by molar-refractivity contribution is 0.0615. The number of aliphatic hydroxyl groups is 1. The van der Waals surface area contributed by atoms with Gasteiger partial charge in [-0.1, -0.05) is 0 Å². The summed E-state index contributed by atoms with van der Waals surface area (Å²) in [6, 6.07) is 0.115. The number of hydrogen-bond donors (Lipinski definition) is 4. The van der Waals surface area contributed by atoms with Crippen molar-refractivity contribution in [3.05, 3.63) is 10.5 Å². The van der Waals surface area contributed by atoms with Crippen LogP contribution in [0.1, 0.15) is 41.0 Å². The summed E-state index contributed by atoms with van der Waals surface area (Å²) < 4.78 is 6.90. The molecule has 0 aliphatic rings. The second-order valence-electron chi connectivity index (χ2n) is 7.80. The number of aromatic nitrogens is 4. The average Bonchev–Trinajstić information content (AvgIpc) is 2.73. The second-order valence-corrected chi connectivity index (χ2v) is 7.80. The third kappa shape index (κ3) is 5.43. The van der Waals surface area contributed by atoms with Gasteiger partial charge in [0.2, 0.25) is 0 Å². The minimum absolute atomic E-state index is 0.0537. The van der Waals surface area contributed by atoms with Gasteiger partial charge in [0.15, 0.2) is 11.5 Å². The third-order valence-electron chi connectivity index (χ3n) is 3.38. The van der Waals surface area contributed by atoms with E-state index in [1.165, 1.54) is 4.57 Å². The van der Waals surface area contributed by atoms with Crippen LogP contribution in [0.25, 0.3) is 11.2 Å². The van der Waals surface area contributed by atoms with Crippen LogP contribution >= 0.6 is 0 Å². The molecule has 0 fully saturated rings. The lowest BCUT2D eigenvalue weighted by Crippen LogP contribution is -2.36. The Morgan fingerprint density at radius 3 is 2.56 bits per heavy atom. The maximum atomic E-state index is 12.1. The van der Waals surface area contributed by atoms with Crippen molar-refractivity contribution < 1.29 is 9.84 Å². The summed E-state index contributed by atoms with van der Waals surface area (Å²) >= 11 is 0. The van der Waals surface area contributed by atoms with Gasteiger partial charge < -0.3 is 25.9 Å². The van der Waals surface area contributed by atoms with Crippen LogP contribution in [0.4, 0.5) is 5.82 Å². The van der Waals surface area contributed by atoms with Crippen molar-refractivity contribution in [1.29, 1.82) is 0 Å². The summed E-state index contributed by atoms with van der Waals surface area (Å²) in [5.41, 5.74) is 5.15. The highest BCUT2D eigenvalue weighted by atomic mass is 16.5. The molecule has 2 rings (SSSR count). The van der Waals surface area contributed by atoms with E-state index in [2.05, 4.69) is 41.0 Å². The second kappa shape index (κ2) is 7.01. The molecule has 0 atom stereocenters. The van der Waals surface area contributed by atoms with E-state index in [9.17, 15) is 9.90 Å². The van der Waals surface area contributed by atoms with Gasteiger partial charge in [-0.25, -0.2) is 4.79 Å². The van der Waals surface area contributed by atoms with Crippen molar-refractivity contribution in [2.45, 2.75) is 58.7 Å². The van der Waals surface area contributed by atoms with Crippen molar-refractivity contribution >= 4 is 17.0 Å². The molecule has 0 aliphatic heterocycles. The summed E-state index contributed by atoms with van der Waals surface area (Å²) in [6.07, 6.45) is 0.780. The summed E-state index contributed by atoms with van der Waals surface area (Å²) in [6.45, 7) is 10.8. The largest absolute Gasteiger partial charge is 0.463 e. The van der Waals surface area contributed by atoms with E-state index in [1.54, 1.807) is 13.8 Å². The van der Waals surface area contributed by atoms with Gasteiger partial charge >= 0.3 is 11.7 Å². The molecule has 5 N–H and O–H groups in total. The standard InChI is InChI=1S/C16H28N6O3/c1-15(2,3)18-7-6-8-25-13-20-11(17)10-12(21-13)22(14(23)19-10)9-16(4,5)24/h18,24H,6-9H2,1-5H3,(H,19,23)(H2,17,20,21). The highest BCUT2D eigenvalue weighted by molar-refractivity contribution is 5.81. The number of aromatic amines is 1. The summed E-state index contributed by atoms with van der Waals surface area (Å²) in [5.74, 6) is 0.138. The number of rotatable bonds is 7. The fraction of sp³-hybridized carbons (Fsp3) is 0.688. The Hall–Kier alpha value is -2.13. The van der Waals surface area contributed by atoms with Gasteiger partial charge in [-0.15, -0.1) is 0 Å². The number of nitrogen functional groups attached to an aromatic ring is 1. The summed E-state index contributed by atoms with van der Waals surface area (Å²) in [4.78, 5) is 23.1.